The third-order valence-electron chi connectivity index (χ3n) is 4.50. The van der Waals surface area contributed by atoms with E-state index in [0.717, 1.165) is 5.56 Å². The lowest BCUT2D eigenvalue weighted by molar-refractivity contribution is -0.115. The molecule has 0 spiro atoms. The lowest BCUT2D eigenvalue weighted by Gasteiger charge is -2.10. The number of hydrogen-bond donors (Lipinski definition) is 2. The Balaban J connectivity index is 1.75. The predicted molar refractivity (Wildman–Crippen MR) is 124 cm³/mol. The number of anilines is 2. The van der Waals surface area contributed by atoms with Crippen molar-refractivity contribution in [3.8, 4) is 5.75 Å². The summed E-state index contributed by atoms with van der Waals surface area (Å²) in [7, 11) is -2.32. The molecule has 0 aliphatic heterocycles. The number of aryl methyl sites for hydroxylation is 1. The molecule has 2 aromatic carbocycles. The van der Waals surface area contributed by atoms with Crippen LogP contribution in [-0.4, -0.2) is 26.6 Å². The molecular weight excluding hydrogens is 454 g/mol. The fraction of sp³-hybridized carbons (Fsp3) is 0.182. The summed E-state index contributed by atoms with van der Waals surface area (Å²) < 4.78 is 38.2. The quantitative estimate of drug-likeness (QED) is 0.476. The minimum atomic E-state index is -3.80. The minimum Gasteiger partial charge on any atom is -0.495 e. The second kappa shape index (κ2) is 9.88. The molecule has 168 valence electrons. The molecule has 0 bridgehead atoms. The first-order chi connectivity index (χ1) is 15.2. The summed E-state index contributed by atoms with van der Waals surface area (Å²) in [6, 6.07) is 10.9. The van der Waals surface area contributed by atoms with Crippen molar-refractivity contribution in [1.82, 2.24) is 5.16 Å². The number of halogens is 1. The van der Waals surface area contributed by atoms with E-state index in [9.17, 15) is 13.2 Å². The highest BCUT2D eigenvalue weighted by Gasteiger charge is 2.15. The van der Waals surface area contributed by atoms with Gasteiger partial charge in [0.15, 0.2) is 5.76 Å². The van der Waals surface area contributed by atoms with Gasteiger partial charge < -0.3 is 14.6 Å². The van der Waals surface area contributed by atoms with E-state index < -0.39 is 10.0 Å². The smallest absolute Gasteiger partial charge is 0.261 e. The van der Waals surface area contributed by atoms with E-state index >= 15 is 0 Å². The summed E-state index contributed by atoms with van der Waals surface area (Å²) in [5.74, 6) is 0.704. The van der Waals surface area contributed by atoms with E-state index in [2.05, 4.69) is 15.2 Å². The molecular formula is C22H22ClN3O5S. The Hall–Kier alpha value is -3.30. The highest BCUT2D eigenvalue weighted by Crippen LogP contribution is 2.28. The van der Waals surface area contributed by atoms with Crippen molar-refractivity contribution in [1.29, 1.82) is 0 Å². The van der Waals surface area contributed by atoms with Gasteiger partial charge in [0.25, 0.3) is 10.0 Å². The third kappa shape index (κ3) is 5.49. The number of carbonyl (C=O) groups is 1. The first kappa shape index (κ1) is 23.4. The van der Waals surface area contributed by atoms with Crippen molar-refractivity contribution in [3.05, 3.63) is 64.5 Å². The number of rotatable bonds is 8. The summed E-state index contributed by atoms with van der Waals surface area (Å²) in [5, 5.41) is 6.93. The van der Waals surface area contributed by atoms with Gasteiger partial charge in [0.2, 0.25) is 5.91 Å². The average Bonchev–Trinajstić information content (AvgIpc) is 3.11. The number of sulfonamides is 1. The van der Waals surface area contributed by atoms with Gasteiger partial charge >= 0.3 is 0 Å². The Labute approximate surface area is 191 Å². The lowest BCUT2D eigenvalue weighted by Crippen LogP contribution is -2.12. The van der Waals surface area contributed by atoms with E-state index in [1.165, 1.54) is 25.3 Å². The van der Waals surface area contributed by atoms with Gasteiger partial charge in [-0.3, -0.25) is 9.52 Å². The number of nitrogens with zero attached hydrogens (tertiary/aromatic N) is 1. The largest absolute Gasteiger partial charge is 0.495 e. The molecule has 32 heavy (non-hydrogen) atoms. The molecule has 1 aromatic heterocycles. The van der Waals surface area contributed by atoms with E-state index in [1.54, 1.807) is 50.3 Å². The summed E-state index contributed by atoms with van der Waals surface area (Å²) in [6.45, 7) is 3.48. The first-order valence-corrected chi connectivity index (χ1v) is 11.5. The Morgan fingerprint density at radius 2 is 1.91 bits per heavy atom. The van der Waals surface area contributed by atoms with Crippen LogP contribution in [0.15, 0.2) is 51.9 Å². The van der Waals surface area contributed by atoms with E-state index in [0.29, 0.717) is 40.0 Å². The molecule has 0 saturated carbocycles. The molecule has 0 atom stereocenters. The molecule has 0 radical (unpaired) electrons. The molecule has 2 N–H and O–H groups in total. The Bertz CT molecular complexity index is 1250. The maximum absolute atomic E-state index is 12.7. The van der Waals surface area contributed by atoms with Gasteiger partial charge in [0.05, 0.1) is 22.7 Å². The summed E-state index contributed by atoms with van der Waals surface area (Å²) >= 11 is 6.06. The van der Waals surface area contributed by atoms with Crippen LogP contribution in [0.4, 0.5) is 11.4 Å². The number of ether oxygens (including phenoxy) is 1. The van der Waals surface area contributed by atoms with Crippen LogP contribution < -0.4 is 14.8 Å². The van der Waals surface area contributed by atoms with Crippen LogP contribution in [0.5, 0.6) is 5.75 Å². The maximum Gasteiger partial charge on any atom is 0.261 e. The molecule has 0 aliphatic carbocycles. The molecule has 10 heteroatoms. The van der Waals surface area contributed by atoms with Crippen LogP contribution in [0.25, 0.3) is 12.2 Å². The van der Waals surface area contributed by atoms with Crippen LogP contribution in [0.3, 0.4) is 0 Å². The third-order valence-corrected chi connectivity index (χ3v) is 6.19. The van der Waals surface area contributed by atoms with Gasteiger partial charge in [-0.15, -0.1) is 0 Å². The SMILES string of the molecule is CCC(=O)Nc1c(C)noc1C=Cc1ccc(S(=O)(=O)Nc2ccc(OC)c(Cl)c2)cc1. The van der Waals surface area contributed by atoms with Gasteiger partial charge in [0.1, 0.15) is 17.1 Å². The molecule has 3 aromatic rings. The van der Waals surface area contributed by atoms with E-state index in [4.69, 9.17) is 20.9 Å². The molecule has 3 rings (SSSR count). The number of aromatic nitrogens is 1. The van der Waals surface area contributed by atoms with Crippen molar-refractivity contribution in [2.45, 2.75) is 25.2 Å². The Kier molecular flexibility index (Phi) is 7.22. The van der Waals surface area contributed by atoms with Crippen molar-refractivity contribution in [2.75, 3.05) is 17.1 Å². The normalized spacial score (nSPS) is 11.5. The monoisotopic (exact) mass is 475 g/mol. The highest BCUT2D eigenvalue weighted by atomic mass is 35.5. The van der Waals surface area contributed by atoms with Crippen LogP contribution >= 0.6 is 11.6 Å². The zero-order valence-corrected chi connectivity index (χ0v) is 19.3. The van der Waals surface area contributed by atoms with Crippen molar-refractivity contribution in [3.63, 3.8) is 0 Å². The molecule has 0 aliphatic rings. The first-order valence-electron chi connectivity index (χ1n) is 9.64. The van der Waals surface area contributed by atoms with Gasteiger partial charge in [0, 0.05) is 6.42 Å². The van der Waals surface area contributed by atoms with Gasteiger partial charge in [-0.05, 0) is 48.9 Å². The van der Waals surface area contributed by atoms with E-state index in [-0.39, 0.29) is 10.8 Å². The minimum absolute atomic E-state index is 0.0907. The lowest BCUT2D eigenvalue weighted by atomic mass is 10.2. The number of benzene rings is 2. The van der Waals surface area contributed by atoms with Crippen molar-refractivity contribution < 1.29 is 22.5 Å². The molecule has 8 nitrogen and oxygen atoms in total. The molecule has 0 fully saturated rings. The summed E-state index contributed by atoms with van der Waals surface area (Å²) in [4.78, 5) is 11.8. The maximum atomic E-state index is 12.7. The summed E-state index contributed by atoms with van der Waals surface area (Å²) in [6.07, 6.45) is 3.72. The zero-order valence-electron chi connectivity index (χ0n) is 17.7. The fourth-order valence-corrected chi connectivity index (χ4v) is 4.06. The van der Waals surface area contributed by atoms with Crippen molar-refractivity contribution in [2.24, 2.45) is 0 Å². The topological polar surface area (TPSA) is 111 Å². The fourth-order valence-electron chi connectivity index (χ4n) is 2.75. The summed E-state index contributed by atoms with van der Waals surface area (Å²) in [5.41, 5.74) is 2.13. The van der Waals surface area contributed by atoms with Gasteiger partial charge in [-0.2, -0.15) is 0 Å². The van der Waals surface area contributed by atoms with Crippen LogP contribution in [-0.2, 0) is 14.8 Å². The molecule has 1 heterocycles. The van der Waals surface area contributed by atoms with Gasteiger partial charge in [-0.25, -0.2) is 8.42 Å². The highest BCUT2D eigenvalue weighted by molar-refractivity contribution is 7.92. The second-order valence-electron chi connectivity index (χ2n) is 6.77. The average molecular weight is 476 g/mol. The number of amides is 1. The number of nitrogens with one attached hydrogen (secondary N) is 2. The Morgan fingerprint density at radius 3 is 2.53 bits per heavy atom. The van der Waals surface area contributed by atoms with Gasteiger partial charge in [-0.1, -0.05) is 41.9 Å². The number of carbonyl (C=O) groups excluding carboxylic acids is 1. The zero-order chi connectivity index (χ0) is 23.3. The van der Waals surface area contributed by atoms with E-state index in [1.807, 2.05) is 0 Å². The van der Waals surface area contributed by atoms with Crippen LogP contribution in [0, 0.1) is 6.92 Å². The molecule has 1 amide bonds. The number of methoxy groups -OCH3 is 1. The number of hydrogen-bond acceptors (Lipinski definition) is 6. The predicted octanol–water partition coefficient (Wildman–Crippen LogP) is 4.96. The van der Waals surface area contributed by atoms with Crippen molar-refractivity contribution >= 4 is 51.1 Å². The second-order valence-corrected chi connectivity index (χ2v) is 8.86. The molecule has 0 unspecified atom stereocenters. The molecule has 0 saturated heterocycles. The van der Waals surface area contributed by atoms with Crippen LogP contribution in [0.1, 0.15) is 30.4 Å². The standard InChI is InChI=1S/C22H22ClN3O5S/c1-4-21(27)24-22-14(2)25-31-20(22)11-7-15-5-9-17(10-6-15)32(28,29)26-16-8-12-19(30-3)18(23)13-16/h5-13,26H,4H2,1-3H3,(H,24,27). The Morgan fingerprint density at radius 1 is 1.19 bits per heavy atom. The van der Waals surface area contributed by atoms with Crippen LogP contribution in [0.2, 0.25) is 5.02 Å².